The number of methoxy groups -OCH3 is 2. The molecule has 0 bridgehead atoms. The predicted octanol–water partition coefficient (Wildman–Crippen LogP) is 2.58. The van der Waals surface area contributed by atoms with Crippen molar-refractivity contribution in [3.63, 3.8) is 0 Å². The molecule has 5 heteroatoms. The molecule has 0 unspecified atom stereocenters. The molecular formula is C15H12N2O3. The first-order chi connectivity index (χ1) is 9.72. The minimum Gasteiger partial charge on any atom is -0.497 e. The van der Waals surface area contributed by atoms with Crippen LogP contribution in [0.15, 0.2) is 36.4 Å². The maximum absolute atomic E-state index is 11.8. The van der Waals surface area contributed by atoms with Gasteiger partial charge in [-0.05, 0) is 24.3 Å². The van der Waals surface area contributed by atoms with Gasteiger partial charge in [0, 0.05) is 6.07 Å². The quantitative estimate of drug-likeness (QED) is 0.528. The molecule has 0 radical (unpaired) electrons. The molecule has 3 rings (SSSR count). The van der Waals surface area contributed by atoms with E-state index in [1.54, 1.807) is 25.3 Å². The second-order valence-electron chi connectivity index (χ2n) is 4.24. The van der Waals surface area contributed by atoms with Crippen molar-refractivity contribution in [2.75, 3.05) is 14.2 Å². The van der Waals surface area contributed by atoms with Gasteiger partial charge in [0.15, 0.2) is 0 Å². The summed E-state index contributed by atoms with van der Waals surface area (Å²) in [6, 6.07) is 10.7. The van der Waals surface area contributed by atoms with Crippen LogP contribution in [-0.2, 0) is 4.74 Å². The fourth-order valence-electron chi connectivity index (χ4n) is 2.08. The Morgan fingerprint density at radius 3 is 2.60 bits per heavy atom. The second kappa shape index (κ2) is 4.77. The SMILES string of the molecule is COC(=O)c1cccc2nc3ccc(OC)cc3nc12. The third kappa shape index (κ3) is 1.93. The molecule has 3 aromatic rings. The Hall–Kier alpha value is -2.69. The molecule has 0 saturated heterocycles. The zero-order valence-electron chi connectivity index (χ0n) is 11.1. The lowest BCUT2D eigenvalue weighted by Crippen LogP contribution is -2.03. The van der Waals surface area contributed by atoms with E-state index in [0.717, 1.165) is 5.52 Å². The molecule has 0 N–H and O–H groups in total. The Kier molecular flexibility index (Phi) is 2.95. The maximum Gasteiger partial charge on any atom is 0.340 e. The normalized spacial score (nSPS) is 10.7. The summed E-state index contributed by atoms with van der Waals surface area (Å²) < 4.78 is 9.94. The van der Waals surface area contributed by atoms with Crippen LogP contribution in [0.4, 0.5) is 0 Å². The molecule has 5 nitrogen and oxygen atoms in total. The highest BCUT2D eigenvalue weighted by Gasteiger charge is 2.13. The van der Waals surface area contributed by atoms with Crippen molar-refractivity contribution in [3.05, 3.63) is 42.0 Å². The van der Waals surface area contributed by atoms with Gasteiger partial charge in [0.05, 0.1) is 36.3 Å². The van der Waals surface area contributed by atoms with E-state index < -0.39 is 5.97 Å². The highest BCUT2D eigenvalue weighted by Crippen LogP contribution is 2.23. The predicted molar refractivity (Wildman–Crippen MR) is 74.9 cm³/mol. The van der Waals surface area contributed by atoms with Crippen LogP contribution >= 0.6 is 0 Å². The summed E-state index contributed by atoms with van der Waals surface area (Å²) in [5, 5.41) is 0. The van der Waals surface area contributed by atoms with Crippen LogP contribution in [0.1, 0.15) is 10.4 Å². The van der Waals surface area contributed by atoms with Gasteiger partial charge in [0.2, 0.25) is 0 Å². The topological polar surface area (TPSA) is 61.3 Å². The van der Waals surface area contributed by atoms with Crippen LogP contribution < -0.4 is 4.74 Å². The van der Waals surface area contributed by atoms with E-state index >= 15 is 0 Å². The molecule has 0 aliphatic carbocycles. The number of esters is 1. The molecule has 0 amide bonds. The molecule has 1 aromatic heterocycles. The van der Waals surface area contributed by atoms with Crippen molar-refractivity contribution < 1.29 is 14.3 Å². The third-order valence-corrected chi connectivity index (χ3v) is 3.08. The van der Waals surface area contributed by atoms with Crippen LogP contribution in [-0.4, -0.2) is 30.2 Å². The van der Waals surface area contributed by atoms with Crippen molar-refractivity contribution in [1.29, 1.82) is 0 Å². The highest BCUT2D eigenvalue weighted by atomic mass is 16.5. The number of para-hydroxylation sites is 1. The van der Waals surface area contributed by atoms with E-state index in [4.69, 9.17) is 9.47 Å². The van der Waals surface area contributed by atoms with Gasteiger partial charge in [-0.15, -0.1) is 0 Å². The molecule has 100 valence electrons. The van der Waals surface area contributed by atoms with Gasteiger partial charge in [-0.25, -0.2) is 14.8 Å². The molecule has 0 aliphatic heterocycles. The average Bonchev–Trinajstić information content (AvgIpc) is 2.51. The van der Waals surface area contributed by atoms with Crippen molar-refractivity contribution in [2.45, 2.75) is 0 Å². The molecular weight excluding hydrogens is 256 g/mol. The van der Waals surface area contributed by atoms with E-state index in [-0.39, 0.29) is 0 Å². The number of rotatable bonds is 2. The van der Waals surface area contributed by atoms with Crippen molar-refractivity contribution in [2.24, 2.45) is 0 Å². The molecule has 1 heterocycles. The second-order valence-corrected chi connectivity index (χ2v) is 4.24. The van der Waals surface area contributed by atoms with Crippen LogP contribution in [0, 0.1) is 0 Å². The van der Waals surface area contributed by atoms with E-state index in [1.165, 1.54) is 7.11 Å². The Morgan fingerprint density at radius 1 is 1.00 bits per heavy atom. The lowest BCUT2D eigenvalue weighted by atomic mass is 10.1. The van der Waals surface area contributed by atoms with Gasteiger partial charge >= 0.3 is 5.97 Å². The molecule has 0 spiro atoms. The van der Waals surface area contributed by atoms with Gasteiger partial charge in [-0.1, -0.05) is 6.07 Å². The maximum atomic E-state index is 11.8. The number of carbonyl (C=O) groups is 1. The smallest absolute Gasteiger partial charge is 0.340 e. The van der Waals surface area contributed by atoms with E-state index in [2.05, 4.69) is 9.97 Å². The number of nitrogens with zero attached hydrogens (tertiary/aromatic N) is 2. The van der Waals surface area contributed by atoms with Gasteiger partial charge in [-0.3, -0.25) is 0 Å². The molecule has 0 fully saturated rings. The third-order valence-electron chi connectivity index (χ3n) is 3.08. The summed E-state index contributed by atoms with van der Waals surface area (Å²) >= 11 is 0. The van der Waals surface area contributed by atoms with Crippen molar-refractivity contribution in [1.82, 2.24) is 9.97 Å². The summed E-state index contributed by atoms with van der Waals surface area (Å²) in [5.41, 5.74) is 3.02. The van der Waals surface area contributed by atoms with Gasteiger partial charge in [0.1, 0.15) is 11.3 Å². The first kappa shape index (κ1) is 12.3. The first-order valence-electron chi connectivity index (χ1n) is 6.06. The summed E-state index contributed by atoms with van der Waals surface area (Å²) in [6.45, 7) is 0. The minimum atomic E-state index is -0.424. The van der Waals surface area contributed by atoms with Crippen molar-refractivity contribution >= 4 is 28.0 Å². The average molecular weight is 268 g/mol. The molecule has 0 saturated carbocycles. The molecule has 0 aliphatic rings. The van der Waals surface area contributed by atoms with E-state index in [9.17, 15) is 4.79 Å². The Balaban J connectivity index is 2.34. The highest BCUT2D eigenvalue weighted by molar-refractivity contribution is 6.03. The van der Waals surface area contributed by atoms with Gasteiger partial charge in [0.25, 0.3) is 0 Å². The number of carbonyl (C=O) groups excluding carboxylic acids is 1. The number of fused-ring (bicyclic) bond motifs is 2. The first-order valence-corrected chi connectivity index (χ1v) is 6.06. The largest absolute Gasteiger partial charge is 0.497 e. The van der Waals surface area contributed by atoms with Crippen molar-refractivity contribution in [3.8, 4) is 5.75 Å². The molecule has 0 atom stereocenters. The Labute approximate surface area is 115 Å². The summed E-state index contributed by atoms with van der Waals surface area (Å²) in [6.07, 6.45) is 0. The van der Waals surface area contributed by atoms with Crippen LogP contribution in [0.2, 0.25) is 0 Å². The minimum absolute atomic E-state index is 0.405. The number of ether oxygens (including phenoxy) is 2. The summed E-state index contributed by atoms with van der Waals surface area (Å²) in [4.78, 5) is 20.8. The number of aromatic nitrogens is 2. The fraction of sp³-hybridized carbons (Fsp3) is 0.133. The van der Waals surface area contributed by atoms with Gasteiger partial charge < -0.3 is 9.47 Å². The van der Waals surface area contributed by atoms with Gasteiger partial charge in [-0.2, -0.15) is 0 Å². The van der Waals surface area contributed by atoms with E-state index in [0.29, 0.717) is 27.9 Å². The summed E-state index contributed by atoms with van der Waals surface area (Å²) in [7, 11) is 2.94. The standard InChI is InChI=1S/C15H12N2O3/c1-19-9-6-7-11-13(8-9)17-14-10(15(18)20-2)4-3-5-12(14)16-11/h3-8H,1-2H3. The fourth-order valence-corrected chi connectivity index (χ4v) is 2.08. The van der Waals surface area contributed by atoms with Crippen LogP contribution in [0.5, 0.6) is 5.75 Å². The zero-order valence-corrected chi connectivity index (χ0v) is 11.1. The molecule has 20 heavy (non-hydrogen) atoms. The van der Waals surface area contributed by atoms with E-state index in [1.807, 2.05) is 18.2 Å². The number of hydrogen-bond acceptors (Lipinski definition) is 5. The number of benzene rings is 2. The molecule has 2 aromatic carbocycles. The zero-order chi connectivity index (χ0) is 14.1. The monoisotopic (exact) mass is 268 g/mol. The lowest BCUT2D eigenvalue weighted by molar-refractivity contribution is 0.0603. The summed E-state index contributed by atoms with van der Waals surface area (Å²) in [5.74, 6) is 0.272. The van der Waals surface area contributed by atoms with Crippen LogP contribution in [0.3, 0.4) is 0 Å². The lowest BCUT2D eigenvalue weighted by Gasteiger charge is -2.06. The Morgan fingerprint density at radius 2 is 1.85 bits per heavy atom. The van der Waals surface area contributed by atoms with Crippen LogP contribution in [0.25, 0.3) is 22.1 Å². The number of hydrogen-bond donors (Lipinski definition) is 0. The Bertz CT molecular complexity index is 815.